The predicted molar refractivity (Wildman–Crippen MR) is 153 cm³/mol. The summed E-state index contributed by atoms with van der Waals surface area (Å²) in [6, 6.07) is 0. The van der Waals surface area contributed by atoms with Gasteiger partial charge in [-0.05, 0) is 33.2 Å². The number of ether oxygens (including phenoxy) is 6. The average Bonchev–Trinajstić information content (AvgIpc) is 2.96. The summed E-state index contributed by atoms with van der Waals surface area (Å²) < 4.78 is 28.8. The van der Waals surface area contributed by atoms with Crippen molar-refractivity contribution in [3.8, 4) is 0 Å². The van der Waals surface area contributed by atoms with E-state index in [0.717, 1.165) is 37.8 Å². The van der Waals surface area contributed by atoms with E-state index in [9.17, 15) is 28.8 Å². The Labute approximate surface area is 247 Å². The van der Waals surface area contributed by atoms with Gasteiger partial charge in [0.1, 0.15) is 26.4 Å². The van der Waals surface area contributed by atoms with Crippen LogP contribution in [0.1, 0.15) is 41.0 Å². The first-order chi connectivity index (χ1) is 19.9. The molecule has 0 fully saturated rings. The Morgan fingerprint density at radius 3 is 1.67 bits per heavy atom. The number of rotatable bonds is 21. The zero-order valence-corrected chi connectivity index (χ0v) is 24.3. The lowest BCUT2D eigenvalue weighted by atomic mass is 10.2. The fraction of sp³-hybridized carbons (Fsp3) is 0.500. The van der Waals surface area contributed by atoms with Gasteiger partial charge in [0.25, 0.3) is 6.47 Å². The summed E-state index contributed by atoms with van der Waals surface area (Å²) in [4.78, 5) is 66.3. The number of esters is 4. The van der Waals surface area contributed by atoms with Gasteiger partial charge < -0.3 is 39.5 Å². The first-order valence-electron chi connectivity index (χ1n) is 12.9. The molecule has 238 valence electrons. The molecule has 14 heteroatoms. The molecule has 0 aromatic rings. The van der Waals surface area contributed by atoms with Crippen LogP contribution in [0.5, 0.6) is 0 Å². The van der Waals surface area contributed by atoms with Crippen molar-refractivity contribution in [3.63, 3.8) is 0 Å². The molecular formula is C28H44N2O12. The molecule has 14 nitrogen and oxygen atoms in total. The number of hydrogen-bond donors (Lipinski definition) is 2. The molecule has 42 heavy (non-hydrogen) atoms. The van der Waals surface area contributed by atoms with Crippen LogP contribution in [0, 0.1) is 0 Å². The van der Waals surface area contributed by atoms with Gasteiger partial charge >= 0.3 is 30.0 Å². The largest absolute Gasteiger partial charge is 0.458 e. The first-order valence-corrected chi connectivity index (χ1v) is 12.9. The average molecular weight is 601 g/mol. The van der Waals surface area contributed by atoms with Crippen LogP contribution in [0.4, 0.5) is 4.79 Å². The Morgan fingerprint density at radius 2 is 1.21 bits per heavy atom. The summed E-state index contributed by atoms with van der Waals surface area (Å²) in [5.41, 5.74) is 5.83. The van der Waals surface area contributed by atoms with Crippen LogP contribution in [0.3, 0.4) is 0 Å². The van der Waals surface area contributed by atoms with Crippen LogP contribution < -0.4 is 11.1 Å². The van der Waals surface area contributed by atoms with Gasteiger partial charge in [-0.3, -0.25) is 4.79 Å². The van der Waals surface area contributed by atoms with E-state index in [4.69, 9.17) is 24.7 Å². The fourth-order valence-corrected chi connectivity index (χ4v) is 2.38. The highest BCUT2D eigenvalue weighted by Gasteiger charge is 2.19. The second-order valence-corrected chi connectivity index (χ2v) is 8.44. The highest BCUT2D eigenvalue weighted by atomic mass is 16.6. The minimum atomic E-state index is -0.926. The van der Waals surface area contributed by atoms with Crippen LogP contribution in [-0.2, 0) is 52.4 Å². The first kappa shape index (κ1) is 39.7. The van der Waals surface area contributed by atoms with Gasteiger partial charge in [0, 0.05) is 31.3 Å². The number of amides is 1. The summed E-state index contributed by atoms with van der Waals surface area (Å²) >= 11 is 0. The number of carbonyl (C=O) groups excluding carboxylic acids is 6. The van der Waals surface area contributed by atoms with Gasteiger partial charge in [0.05, 0.1) is 0 Å². The fourth-order valence-electron chi connectivity index (χ4n) is 2.38. The van der Waals surface area contributed by atoms with E-state index in [2.05, 4.69) is 41.1 Å². The molecule has 0 radical (unpaired) electrons. The summed E-state index contributed by atoms with van der Waals surface area (Å²) in [5.74, 6) is -2.56. The van der Waals surface area contributed by atoms with Crippen LogP contribution in [-0.4, -0.2) is 88.2 Å². The third kappa shape index (κ3) is 23.4. The van der Waals surface area contributed by atoms with E-state index in [0.29, 0.717) is 13.1 Å². The van der Waals surface area contributed by atoms with E-state index in [1.165, 1.54) is 13.8 Å². The smallest absolute Gasteiger partial charge is 0.407 e. The van der Waals surface area contributed by atoms with Gasteiger partial charge in [-0.2, -0.15) is 0 Å². The molecule has 1 amide bonds. The van der Waals surface area contributed by atoms with Crippen molar-refractivity contribution in [2.75, 3.05) is 39.5 Å². The van der Waals surface area contributed by atoms with Crippen molar-refractivity contribution < 1.29 is 58.6 Å². The molecule has 0 aromatic carbocycles. The molecule has 0 bridgehead atoms. The Kier molecular flexibility index (Phi) is 24.1. The molecule has 0 spiro atoms. The molecule has 0 saturated heterocycles. The van der Waals surface area contributed by atoms with Crippen LogP contribution in [0.15, 0.2) is 49.6 Å². The quantitative estimate of drug-likeness (QED) is 0.0639. The predicted octanol–water partition coefficient (Wildman–Crippen LogP) is 2.07. The van der Waals surface area contributed by atoms with Gasteiger partial charge in [0.2, 0.25) is 0 Å². The van der Waals surface area contributed by atoms with E-state index in [1.54, 1.807) is 0 Å². The third-order valence-corrected chi connectivity index (χ3v) is 4.58. The maximum atomic E-state index is 11.8. The highest BCUT2D eigenvalue weighted by Crippen LogP contribution is 2.02. The minimum Gasteiger partial charge on any atom is -0.458 e. The molecule has 0 aromatic heterocycles. The number of hydrogen-bond acceptors (Lipinski definition) is 13. The summed E-state index contributed by atoms with van der Waals surface area (Å²) in [7, 11) is 0. The molecule has 0 aliphatic heterocycles. The van der Waals surface area contributed by atoms with E-state index >= 15 is 0 Å². The standard InChI is InChI=1S/C17H28N2O6.C11H14O6.H2/c1-4-15(20)23-11-14(12-24-16(21)13(2)3)25-17(22)19-10-8-6-5-7-9-18;1-4-10(13)15-5-9(17-7-12)6-16-11(14)8(2)3;/h4,14H,1-2,5-12,18H2,3H3,(H,19,22);4,7,9H,1-2,5-6H2,3H3;1H. The Hall–Kier alpha value is -4.46. The van der Waals surface area contributed by atoms with Crippen molar-refractivity contribution >= 4 is 36.4 Å². The molecule has 0 aliphatic rings. The van der Waals surface area contributed by atoms with Crippen molar-refractivity contribution in [2.45, 2.75) is 51.7 Å². The second kappa shape index (κ2) is 25.5. The molecule has 3 N–H and O–H groups in total. The summed E-state index contributed by atoms with van der Waals surface area (Å²) in [5, 5.41) is 2.59. The van der Waals surface area contributed by atoms with E-state index in [-0.39, 0.29) is 45.5 Å². The number of nitrogens with two attached hydrogens (primary N) is 1. The SMILES string of the molecule is C=CC(=O)OCC(COC(=O)C(=C)C)OC(=O)NCCCCCCN.C=CC(=O)OCC(COC(=O)C(=C)C)OC=O.[HH]. The topological polar surface area (TPSA) is 196 Å². The van der Waals surface area contributed by atoms with Crippen molar-refractivity contribution in [3.05, 3.63) is 49.6 Å². The molecule has 0 heterocycles. The maximum Gasteiger partial charge on any atom is 0.407 e. The van der Waals surface area contributed by atoms with Gasteiger partial charge in [-0.1, -0.05) is 39.2 Å². The van der Waals surface area contributed by atoms with Gasteiger partial charge in [-0.15, -0.1) is 0 Å². The van der Waals surface area contributed by atoms with E-state index in [1.807, 2.05) is 0 Å². The van der Waals surface area contributed by atoms with Crippen molar-refractivity contribution in [1.29, 1.82) is 0 Å². The Morgan fingerprint density at radius 1 is 0.762 bits per heavy atom. The molecule has 0 rings (SSSR count). The molecule has 0 saturated carbocycles. The summed E-state index contributed by atoms with van der Waals surface area (Å²) in [6.45, 7) is 16.6. The molecule has 2 atom stereocenters. The van der Waals surface area contributed by atoms with Crippen molar-refractivity contribution in [2.24, 2.45) is 5.73 Å². The highest BCUT2D eigenvalue weighted by molar-refractivity contribution is 5.87. The zero-order chi connectivity index (χ0) is 32.3. The molecule has 2 unspecified atom stereocenters. The molecular weight excluding hydrogens is 556 g/mol. The Balaban J connectivity index is -0.000000779. The normalized spacial score (nSPS) is 11.0. The second-order valence-electron chi connectivity index (χ2n) is 8.44. The van der Waals surface area contributed by atoms with Crippen LogP contribution in [0.25, 0.3) is 0 Å². The zero-order valence-electron chi connectivity index (χ0n) is 24.3. The number of nitrogens with one attached hydrogen (secondary N) is 1. The number of unbranched alkanes of at least 4 members (excludes halogenated alkanes) is 3. The summed E-state index contributed by atoms with van der Waals surface area (Å²) in [6.07, 6.45) is 3.22. The number of alkyl carbamates (subject to hydrolysis) is 1. The Bertz CT molecular complexity index is 939. The third-order valence-electron chi connectivity index (χ3n) is 4.58. The lowest BCUT2D eigenvalue weighted by Crippen LogP contribution is -2.35. The number of carbonyl (C=O) groups is 6. The van der Waals surface area contributed by atoms with E-state index < -0.39 is 42.2 Å². The monoisotopic (exact) mass is 600 g/mol. The lowest BCUT2D eigenvalue weighted by molar-refractivity contribution is -0.155. The van der Waals surface area contributed by atoms with Gasteiger partial charge in [0.15, 0.2) is 12.2 Å². The van der Waals surface area contributed by atoms with Crippen LogP contribution in [0.2, 0.25) is 0 Å². The maximum absolute atomic E-state index is 11.8. The van der Waals surface area contributed by atoms with Crippen LogP contribution >= 0.6 is 0 Å². The lowest BCUT2D eigenvalue weighted by Gasteiger charge is -2.18. The van der Waals surface area contributed by atoms with Gasteiger partial charge in [-0.25, -0.2) is 24.0 Å². The minimum absolute atomic E-state index is 0. The molecule has 0 aliphatic carbocycles. The van der Waals surface area contributed by atoms with Crippen molar-refractivity contribution in [1.82, 2.24) is 5.32 Å².